The Morgan fingerprint density at radius 1 is 1.14 bits per heavy atom. The molecule has 3 rings (SSSR count). The molecule has 3 nitrogen and oxygen atoms in total. The highest BCUT2D eigenvalue weighted by Gasteiger charge is 2.16. The zero-order chi connectivity index (χ0) is 15.1. The minimum atomic E-state index is -0.0420. The van der Waals surface area contributed by atoms with Gasteiger partial charge in [0.15, 0.2) is 0 Å². The third-order valence-corrected chi connectivity index (χ3v) is 4.19. The highest BCUT2D eigenvalue weighted by Crippen LogP contribution is 2.30. The number of benzene rings is 1. The number of hydrogen-bond donors (Lipinski definition) is 1. The third-order valence-electron chi connectivity index (χ3n) is 3.76. The molecule has 0 saturated heterocycles. The van der Waals surface area contributed by atoms with Gasteiger partial charge >= 0.3 is 0 Å². The van der Waals surface area contributed by atoms with E-state index in [0.717, 1.165) is 32.6 Å². The van der Waals surface area contributed by atoms with E-state index in [2.05, 4.69) is 48.0 Å². The van der Waals surface area contributed by atoms with Crippen LogP contribution in [0.15, 0.2) is 34.9 Å². The molecule has 0 aliphatic heterocycles. The van der Waals surface area contributed by atoms with Gasteiger partial charge < -0.3 is 5.11 Å². The fraction of sp³-hybridized carbons (Fsp3) is 0.235. The molecular formula is C17H17BrN2O. The Hall–Kier alpha value is -1.65. The monoisotopic (exact) mass is 344 g/mol. The first kappa shape index (κ1) is 14.3. The van der Waals surface area contributed by atoms with Crippen molar-refractivity contribution in [1.29, 1.82) is 0 Å². The van der Waals surface area contributed by atoms with E-state index >= 15 is 0 Å². The first-order valence-corrected chi connectivity index (χ1v) is 7.66. The van der Waals surface area contributed by atoms with E-state index in [1.165, 1.54) is 11.1 Å². The van der Waals surface area contributed by atoms with Gasteiger partial charge in [-0.2, -0.15) is 0 Å². The summed E-state index contributed by atoms with van der Waals surface area (Å²) in [6.45, 7) is 6.14. The number of aliphatic hydroxyl groups excluding tert-OH is 1. The van der Waals surface area contributed by atoms with Crippen molar-refractivity contribution in [3.05, 3.63) is 57.3 Å². The molecule has 2 aromatic heterocycles. The number of pyridine rings is 1. The molecule has 21 heavy (non-hydrogen) atoms. The predicted octanol–water partition coefficient (Wildman–Crippen LogP) is 4.18. The smallest absolute Gasteiger partial charge is 0.140 e. The molecular weight excluding hydrogens is 328 g/mol. The summed E-state index contributed by atoms with van der Waals surface area (Å²) >= 11 is 3.51. The summed E-state index contributed by atoms with van der Waals surface area (Å²) in [5, 5.41) is 9.82. The van der Waals surface area contributed by atoms with Crippen molar-refractivity contribution in [2.24, 2.45) is 0 Å². The molecule has 2 heterocycles. The zero-order valence-electron chi connectivity index (χ0n) is 12.3. The number of nitrogens with zero attached hydrogens (tertiary/aromatic N) is 2. The number of imidazole rings is 1. The first-order valence-electron chi connectivity index (χ1n) is 6.87. The van der Waals surface area contributed by atoms with Gasteiger partial charge in [-0.1, -0.05) is 23.8 Å². The van der Waals surface area contributed by atoms with Crippen LogP contribution in [0.5, 0.6) is 0 Å². The maximum atomic E-state index is 9.82. The average molecular weight is 345 g/mol. The Balaban J connectivity index is 2.35. The van der Waals surface area contributed by atoms with E-state index in [1.807, 2.05) is 23.6 Å². The van der Waals surface area contributed by atoms with Crippen LogP contribution in [0.1, 0.15) is 22.4 Å². The number of hydrogen-bond acceptors (Lipinski definition) is 2. The molecule has 0 saturated carbocycles. The lowest BCUT2D eigenvalue weighted by Gasteiger charge is -2.06. The molecule has 1 aromatic carbocycles. The van der Waals surface area contributed by atoms with Crippen molar-refractivity contribution in [2.45, 2.75) is 27.4 Å². The molecule has 0 radical (unpaired) electrons. The molecule has 0 aliphatic carbocycles. The van der Waals surface area contributed by atoms with E-state index in [9.17, 15) is 5.11 Å². The van der Waals surface area contributed by atoms with Gasteiger partial charge in [0.25, 0.3) is 0 Å². The Morgan fingerprint density at radius 2 is 1.90 bits per heavy atom. The number of aryl methyl sites for hydroxylation is 3. The summed E-state index contributed by atoms with van der Waals surface area (Å²) in [6.07, 6.45) is 1.95. The van der Waals surface area contributed by atoms with E-state index < -0.39 is 0 Å². The van der Waals surface area contributed by atoms with Gasteiger partial charge in [-0.3, -0.25) is 4.40 Å². The first-order chi connectivity index (χ1) is 10.0. The molecule has 0 unspecified atom stereocenters. The van der Waals surface area contributed by atoms with Gasteiger partial charge in [-0.25, -0.2) is 4.98 Å². The number of fused-ring (bicyclic) bond motifs is 1. The van der Waals surface area contributed by atoms with Crippen LogP contribution in [-0.4, -0.2) is 14.5 Å². The fourth-order valence-electron chi connectivity index (χ4n) is 2.76. The Labute approximate surface area is 132 Å². The molecule has 108 valence electrons. The van der Waals surface area contributed by atoms with Crippen LogP contribution in [-0.2, 0) is 6.61 Å². The molecule has 0 atom stereocenters. The zero-order valence-corrected chi connectivity index (χ0v) is 13.9. The minimum Gasteiger partial charge on any atom is -0.390 e. The third kappa shape index (κ3) is 2.39. The largest absolute Gasteiger partial charge is 0.390 e. The molecule has 0 bridgehead atoms. The fourth-order valence-corrected chi connectivity index (χ4v) is 3.31. The topological polar surface area (TPSA) is 37.5 Å². The maximum absolute atomic E-state index is 9.82. The summed E-state index contributed by atoms with van der Waals surface area (Å²) in [4.78, 5) is 4.77. The average Bonchev–Trinajstić information content (AvgIpc) is 2.77. The van der Waals surface area contributed by atoms with Crippen molar-refractivity contribution in [3.8, 4) is 11.3 Å². The van der Waals surface area contributed by atoms with Gasteiger partial charge in [-0.15, -0.1) is 0 Å². The summed E-state index contributed by atoms with van der Waals surface area (Å²) in [5.74, 6) is 0. The lowest BCUT2D eigenvalue weighted by Crippen LogP contribution is -1.96. The van der Waals surface area contributed by atoms with E-state index in [0.29, 0.717) is 0 Å². The van der Waals surface area contributed by atoms with Gasteiger partial charge in [0, 0.05) is 16.2 Å². The Bertz CT molecular complexity index is 836. The number of halogens is 1. The van der Waals surface area contributed by atoms with E-state index in [-0.39, 0.29) is 6.61 Å². The van der Waals surface area contributed by atoms with Crippen LogP contribution >= 0.6 is 15.9 Å². The summed E-state index contributed by atoms with van der Waals surface area (Å²) in [7, 11) is 0. The van der Waals surface area contributed by atoms with Gasteiger partial charge in [0.2, 0.25) is 0 Å². The lowest BCUT2D eigenvalue weighted by molar-refractivity contribution is 0.276. The van der Waals surface area contributed by atoms with Crippen LogP contribution in [0.4, 0.5) is 0 Å². The number of aromatic nitrogens is 2. The molecule has 1 N–H and O–H groups in total. The minimum absolute atomic E-state index is 0.0420. The summed E-state index contributed by atoms with van der Waals surface area (Å²) in [5.41, 5.74) is 7.11. The second kappa shape index (κ2) is 5.28. The van der Waals surface area contributed by atoms with E-state index in [1.54, 1.807) is 0 Å². The molecule has 3 aromatic rings. The highest BCUT2D eigenvalue weighted by atomic mass is 79.9. The van der Waals surface area contributed by atoms with Crippen molar-refractivity contribution < 1.29 is 5.11 Å². The van der Waals surface area contributed by atoms with Crippen LogP contribution in [0.25, 0.3) is 16.9 Å². The van der Waals surface area contributed by atoms with Gasteiger partial charge in [0.05, 0.1) is 18.0 Å². The van der Waals surface area contributed by atoms with Crippen molar-refractivity contribution in [3.63, 3.8) is 0 Å². The standard InChI is InChI=1S/C17H17BrN2O/c1-10-4-5-14(11(2)6-10)16-15(9-21)20-8-13(18)7-12(3)17(20)19-16/h4-8,21H,9H2,1-3H3. The summed E-state index contributed by atoms with van der Waals surface area (Å²) in [6, 6.07) is 8.34. The van der Waals surface area contributed by atoms with Crippen LogP contribution in [0.3, 0.4) is 0 Å². The normalized spacial score (nSPS) is 11.3. The SMILES string of the molecule is Cc1ccc(-c2nc3c(C)cc(Br)cn3c2CO)c(C)c1. The quantitative estimate of drug-likeness (QED) is 0.757. The second-order valence-electron chi connectivity index (χ2n) is 5.42. The van der Waals surface area contributed by atoms with Crippen molar-refractivity contribution >= 4 is 21.6 Å². The molecule has 0 amide bonds. The second-order valence-corrected chi connectivity index (χ2v) is 6.33. The summed E-state index contributed by atoms with van der Waals surface area (Å²) < 4.78 is 2.94. The molecule has 0 aliphatic rings. The van der Waals surface area contributed by atoms with Crippen molar-refractivity contribution in [1.82, 2.24) is 9.38 Å². The molecule has 0 spiro atoms. The van der Waals surface area contributed by atoms with Gasteiger partial charge in [-0.05, 0) is 53.9 Å². The van der Waals surface area contributed by atoms with Crippen LogP contribution in [0, 0.1) is 20.8 Å². The molecule has 4 heteroatoms. The number of rotatable bonds is 2. The van der Waals surface area contributed by atoms with Crippen molar-refractivity contribution in [2.75, 3.05) is 0 Å². The Morgan fingerprint density at radius 3 is 2.57 bits per heavy atom. The molecule has 0 fully saturated rings. The van der Waals surface area contributed by atoms with E-state index in [4.69, 9.17) is 4.98 Å². The highest BCUT2D eigenvalue weighted by molar-refractivity contribution is 9.10. The van der Waals surface area contributed by atoms with Crippen LogP contribution in [0.2, 0.25) is 0 Å². The Kier molecular flexibility index (Phi) is 3.59. The number of aliphatic hydroxyl groups is 1. The lowest BCUT2D eigenvalue weighted by atomic mass is 10.0. The van der Waals surface area contributed by atoms with Crippen LogP contribution < -0.4 is 0 Å². The maximum Gasteiger partial charge on any atom is 0.140 e. The van der Waals surface area contributed by atoms with Gasteiger partial charge in [0.1, 0.15) is 5.65 Å². The predicted molar refractivity (Wildman–Crippen MR) is 88.5 cm³/mol.